The molecule has 2 atom stereocenters. The molecule has 1 aliphatic heterocycles. The van der Waals surface area contributed by atoms with E-state index in [0.29, 0.717) is 28.6 Å². The standard InChI is InChI=1S/C18H21FN6O/c1-11(13-4-2-3-5-14(13)19)25-16-15(23-18(25)26)10-22-17(24-16)21-9-12-6-7-20-8-12/h2-5,10-12,20H,6-9H2,1H3,(H,23,26)(H,21,22,24)/t11-,12+/m0/s1. The first-order valence-electron chi connectivity index (χ1n) is 8.79. The third kappa shape index (κ3) is 3.08. The van der Waals surface area contributed by atoms with Gasteiger partial charge in [-0.15, -0.1) is 0 Å². The second-order valence-corrected chi connectivity index (χ2v) is 6.67. The molecule has 0 spiro atoms. The normalized spacial score (nSPS) is 18.3. The molecule has 2 aromatic heterocycles. The summed E-state index contributed by atoms with van der Waals surface area (Å²) in [5.41, 5.74) is 1.11. The quantitative estimate of drug-likeness (QED) is 0.650. The predicted molar refractivity (Wildman–Crippen MR) is 97.8 cm³/mol. The second-order valence-electron chi connectivity index (χ2n) is 6.67. The van der Waals surface area contributed by atoms with Gasteiger partial charge < -0.3 is 15.6 Å². The molecule has 3 N–H and O–H groups in total. The topological polar surface area (TPSA) is 87.6 Å². The summed E-state index contributed by atoms with van der Waals surface area (Å²) in [4.78, 5) is 23.9. The zero-order valence-electron chi connectivity index (χ0n) is 14.5. The van der Waals surface area contributed by atoms with E-state index in [1.165, 1.54) is 10.6 Å². The van der Waals surface area contributed by atoms with E-state index in [-0.39, 0.29) is 11.5 Å². The maximum Gasteiger partial charge on any atom is 0.328 e. The number of rotatable bonds is 5. The highest BCUT2D eigenvalue weighted by Gasteiger charge is 2.20. The number of halogens is 1. The summed E-state index contributed by atoms with van der Waals surface area (Å²) >= 11 is 0. The minimum atomic E-state index is -0.487. The molecule has 0 saturated carbocycles. The third-order valence-corrected chi connectivity index (χ3v) is 4.91. The van der Waals surface area contributed by atoms with Crippen LogP contribution in [-0.4, -0.2) is 39.2 Å². The number of aromatic nitrogens is 4. The van der Waals surface area contributed by atoms with Crippen molar-refractivity contribution < 1.29 is 4.39 Å². The first kappa shape index (κ1) is 16.7. The predicted octanol–water partition coefficient (Wildman–Crippen LogP) is 1.89. The van der Waals surface area contributed by atoms with Crippen molar-refractivity contribution in [2.24, 2.45) is 5.92 Å². The lowest BCUT2D eigenvalue weighted by Gasteiger charge is -2.15. The summed E-state index contributed by atoms with van der Waals surface area (Å²) in [6.07, 6.45) is 2.71. The highest BCUT2D eigenvalue weighted by molar-refractivity contribution is 5.71. The van der Waals surface area contributed by atoms with Crippen molar-refractivity contribution in [1.29, 1.82) is 0 Å². The van der Waals surface area contributed by atoms with E-state index in [2.05, 4.69) is 25.6 Å². The minimum absolute atomic E-state index is 0.331. The van der Waals surface area contributed by atoms with Gasteiger partial charge in [0.25, 0.3) is 0 Å². The Morgan fingerprint density at radius 2 is 2.27 bits per heavy atom. The van der Waals surface area contributed by atoms with Crippen LogP contribution in [-0.2, 0) is 0 Å². The smallest absolute Gasteiger partial charge is 0.328 e. The number of H-pyrrole nitrogens is 1. The maximum atomic E-state index is 14.2. The summed E-state index contributed by atoms with van der Waals surface area (Å²) < 4.78 is 15.6. The van der Waals surface area contributed by atoms with Crippen molar-refractivity contribution in [3.05, 3.63) is 52.3 Å². The van der Waals surface area contributed by atoms with Gasteiger partial charge in [0.05, 0.1) is 12.2 Å². The van der Waals surface area contributed by atoms with E-state index in [1.807, 2.05) is 0 Å². The molecular formula is C18H21FN6O. The van der Waals surface area contributed by atoms with Gasteiger partial charge in [0, 0.05) is 12.1 Å². The lowest BCUT2D eigenvalue weighted by molar-refractivity contribution is 0.554. The maximum absolute atomic E-state index is 14.2. The minimum Gasteiger partial charge on any atom is -0.354 e. The van der Waals surface area contributed by atoms with Crippen molar-refractivity contribution in [3.63, 3.8) is 0 Å². The summed E-state index contributed by atoms with van der Waals surface area (Å²) in [7, 11) is 0. The van der Waals surface area contributed by atoms with Gasteiger partial charge in [-0.3, -0.25) is 4.57 Å². The molecular weight excluding hydrogens is 335 g/mol. The van der Waals surface area contributed by atoms with E-state index in [1.54, 1.807) is 31.3 Å². The number of aromatic amines is 1. The first-order chi connectivity index (χ1) is 12.6. The molecule has 7 nitrogen and oxygen atoms in total. The van der Waals surface area contributed by atoms with E-state index in [9.17, 15) is 9.18 Å². The van der Waals surface area contributed by atoms with Crippen molar-refractivity contribution in [3.8, 4) is 0 Å². The van der Waals surface area contributed by atoms with Crippen LogP contribution in [0.2, 0.25) is 0 Å². The SMILES string of the molecule is C[C@@H](c1ccccc1F)n1c(=O)[nH]c2cnc(NC[C@@H]3CCNC3)nc21. The first-order valence-corrected chi connectivity index (χ1v) is 8.79. The van der Waals surface area contributed by atoms with Crippen LogP contribution in [0.15, 0.2) is 35.3 Å². The molecule has 0 bridgehead atoms. The van der Waals surface area contributed by atoms with Gasteiger partial charge in [-0.25, -0.2) is 14.2 Å². The van der Waals surface area contributed by atoms with Crippen LogP contribution in [0.3, 0.4) is 0 Å². The fourth-order valence-electron chi connectivity index (χ4n) is 3.44. The molecule has 26 heavy (non-hydrogen) atoms. The van der Waals surface area contributed by atoms with Crippen molar-refractivity contribution in [2.75, 3.05) is 25.0 Å². The Hall–Kier alpha value is -2.74. The highest BCUT2D eigenvalue weighted by Crippen LogP contribution is 2.22. The average molecular weight is 356 g/mol. The number of nitrogens with zero attached hydrogens (tertiary/aromatic N) is 3. The van der Waals surface area contributed by atoms with E-state index < -0.39 is 6.04 Å². The fraction of sp³-hybridized carbons (Fsp3) is 0.389. The lowest BCUT2D eigenvalue weighted by Crippen LogP contribution is -2.22. The van der Waals surface area contributed by atoms with Crippen molar-refractivity contribution in [1.82, 2.24) is 24.8 Å². The Morgan fingerprint density at radius 3 is 3.04 bits per heavy atom. The molecule has 1 saturated heterocycles. The summed E-state index contributed by atoms with van der Waals surface area (Å²) in [6.45, 7) is 4.57. The zero-order chi connectivity index (χ0) is 18.1. The molecule has 1 aliphatic rings. The van der Waals surface area contributed by atoms with Crippen LogP contribution < -0.4 is 16.3 Å². The molecule has 1 fully saturated rings. The zero-order valence-corrected chi connectivity index (χ0v) is 14.5. The molecule has 3 aromatic rings. The molecule has 0 aliphatic carbocycles. The van der Waals surface area contributed by atoms with Crippen LogP contribution in [0.4, 0.5) is 10.3 Å². The van der Waals surface area contributed by atoms with Gasteiger partial charge in [0.1, 0.15) is 11.3 Å². The number of fused-ring (bicyclic) bond motifs is 1. The Bertz CT molecular complexity index is 975. The summed E-state index contributed by atoms with van der Waals surface area (Å²) in [6, 6.07) is 5.97. The number of imidazole rings is 1. The summed E-state index contributed by atoms with van der Waals surface area (Å²) in [5.74, 6) is 0.667. The number of nitrogens with one attached hydrogen (secondary N) is 3. The lowest BCUT2D eigenvalue weighted by atomic mass is 10.1. The monoisotopic (exact) mass is 356 g/mol. The molecule has 8 heteroatoms. The number of hydrogen-bond donors (Lipinski definition) is 3. The van der Waals surface area contributed by atoms with Gasteiger partial charge in [-0.2, -0.15) is 4.98 Å². The van der Waals surface area contributed by atoms with E-state index >= 15 is 0 Å². The van der Waals surface area contributed by atoms with E-state index in [0.717, 1.165) is 26.1 Å². The Balaban J connectivity index is 1.67. The van der Waals surface area contributed by atoms with Gasteiger partial charge in [0.2, 0.25) is 5.95 Å². The summed E-state index contributed by atoms with van der Waals surface area (Å²) in [5, 5.41) is 6.56. The largest absolute Gasteiger partial charge is 0.354 e. The van der Waals surface area contributed by atoms with Gasteiger partial charge in [-0.05, 0) is 38.4 Å². The fourth-order valence-corrected chi connectivity index (χ4v) is 3.44. The van der Waals surface area contributed by atoms with Gasteiger partial charge in [0.15, 0.2) is 5.65 Å². The van der Waals surface area contributed by atoms with Gasteiger partial charge >= 0.3 is 5.69 Å². The Kier molecular flexibility index (Phi) is 4.42. The molecule has 1 aromatic carbocycles. The van der Waals surface area contributed by atoms with Crippen molar-refractivity contribution >= 4 is 17.1 Å². The molecule has 0 radical (unpaired) electrons. The molecule has 4 rings (SSSR count). The average Bonchev–Trinajstić information content (AvgIpc) is 3.26. The molecule has 0 amide bonds. The second kappa shape index (κ2) is 6.87. The van der Waals surface area contributed by atoms with Crippen LogP contribution >= 0.6 is 0 Å². The molecule has 0 unspecified atom stereocenters. The van der Waals surface area contributed by atoms with Gasteiger partial charge in [-0.1, -0.05) is 18.2 Å². The third-order valence-electron chi connectivity index (χ3n) is 4.91. The Morgan fingerprint density at radius 1 is 1.42 bits per heavy atom. The number of anilines is 1. The van der Waals surface area contributed by atoms with Crippen LogP contribution in [0.5, 0.6) is 0 Å². The molecule has 3 heterocycles. The number of hydrogen-bond acceptors (Lipinski definition) is 5. The van der Waals surface area contributed by atoms with Crippen LogP contribution in [0.25, 0.3) is 11.2 Å². The Labute approximate surface area is 149 Å². The van der Waals surface area contributed by atoms with Crippen molar-refractivity contribution in [2.45, 2.75) is 19.4 Å². The number of benzene rings is 1. The van der Waals surface area contributed by atoms with E-state index in [4.69, 9.17) is 0 Å². The van der Waals surface area contributed by atoms with Crippen LogP contribution in [0, 0.1) is 11.7 Å². The van der Waals surface area contributed by atoms with Crippen LogP contribution in [0.1, 0.15) is 24.9 Å². The molecule has 136 valence electrons. The highest BCUT2D eigenvalue weighted by atomic mass is 19.1.